The van der Waals surface area contributed by atoms with Crippen LogP contribution >= 0.6 is 11.6 Å². The average molecular weight is 284 g/mol. The molecule has 0 aromatic heterocycles. The summed E-state index contributed by atoms with van der Waals surface area (Å²) in [6.45, 7) is 4.05. The molecule has 19 heavy (non-hydrogen) atoms. The van der Waals surface area contributed by atoms with E-state index < -0.39 is 5.60 Å². The Balaban J connectivity index is 1.93. The van der Waals surface area contributed by atoms with E-state index in [4.69, 9.17) is 16.3 Å². The highest BCUT2D eigenvalue weighted by Crippen LogP contribution is 2.23. The monoisotopic (exact) mass is 283 g/mol. The first-order valence-corrected chi connectivity index (χ1v) is 7.30. The Kier molecular flexibility index (Phi) is 5.22. The molecular weight excluding hydrogens is 262 g/mol. The van der Waals surface area contributed by atoms with Gasteiger partial charge in [-0.2, -0.15) is 0 Å². The molecule has 1 heterocycles. The normalized spacial score (nSPS) is 20.2. The topological polar surface area (TPSA) is 41.5 Å². The molecule has 2 N–H and O–H groups in total. The second kappa shape index (κ2) is 6.71. The standard InChI is InChI=1S/C15H22ClNO2/c1-2-14(12-3-5-13(16)6-4-12)17-11-15(18)7-9-19-10-8-15/h3-6,14,17-18H,2,7-11H2,1H3. The minimum Gasteiger partial charge on any atom is -0.388 e. The number of hydrogen-bond acceptors (Lipinski definition) is 3. The van der Waals surface area contributed by atoms with Crippen LogP contribution < -0.4 is 5.32 Å². The predicted octanol–water partition coefficient (Wildman–Crippen LogP) is 2.92. The van der Waals surface area contributed by atoms with E-state index in [0.29, 0.717) is 32.6 Å². The molecule has 4 heteroatoms. The van der Waals surface area contributed by atoms with Gasteiger partial charge in [0.05, 0.1) is 5.60 Å². The van der Waals surface area contributed by atoms with Crippen LogP contribution in [-0.4, -0.2) is 30.5 Å². The lowest BCUT2D eigenvalue weighted by molar-refractivity contribution is -0.0628. The van der Waals surface area contributed by atoms with Gasteiger partial charge in [-0.05, 0) is 24.1 Å². The van der Waals surface area contributed by atoms with Crippen molar-refractivity contribution in [1.82, 2.24) is 5.32 Å². The van der Waals surface area contributed by atoms with Crippen LogP contribution in [0.3, 0.4) is 0 Å². The molecular formula is C15H22ClNO2. The zero-order chi connectivity index (χ0) is 13.7. The number of nitrogens with one attached hydrogen (secondary N) is 1. The number of halogens is 1. The van der Waals surface area contributed by atoms with Crippen molar-refractivity contribution in [3.8, 4) is 0 Å². The lowest BCUT2D eigenvalue weighted by Crippen LogP contribution is -2.45. The van der Waals surface area contributed by atoms with Crippen molar-refractivity contribution >= 4 is 11.6 Å². The number of hydrogen-bond donors (Lipinski definition) is 2. The summed E-state index contributed by atoms with van der Waals surface area (Å²) < 4.78 is 5.29. The zero-order valence-corrected chi connectivity index (χ0v) is 12.1. The molecule has 0 amide bonds. The van der Waals surface area contributed by atoms with Gasteiger partial charge in [-0.15, -0.1) is 0 Å². The summed E-state index contributed by atoms with van der Waals surface area (Å²) >= 11 is 5.91. The minimum atomic E-state index is -0.627. The summed E-state index contributed by atoms with van der Waals surface area (Å²) in [5, 5.41) is 14.7. The molecule has 1 atom stereocenters. The van der Waals surface area contributed by atoms with Gasteiger partial charge in [-0.3, -0.25) is 0 Å². The van der Waals surface area contributed by atoms with Crippen molar-refractivity contribution in [2.45, 2.75) is 37.8 Å². The molecule has 0 aliphatic carbocycles. The Labute approximate surface area is 119 Å². The van der Waals surface area contributed by atoms with Crippen LogP contribution in [0, 0.1) is 0 Å². The molecule has 2 rings (SSSR count). The van der Waals surface area contributed by atoms with Crippen LogP contribution in [0.15, 0.2) is 24.3 Å². The SMILES string of the molecule is CCC(NCC1(O)CCOCC1)c1ccc(Cl)cc1. The molecule has 1 saturated heterocycles. The highest BCUT2D eigenvalue weighted by Gasteiger charge is 2.30. The van der Waals surface area contributed by atoms with Gasteiger partial charge in [0, 0.05) is 43.7 Å². The third-order valence-electron chi connectivity index (χ3n) is 3.78. The van der Waals surface area contributed by atoms with E-state index in [0.717, 1.165) is 11.4 Å². The van der Waals surface area contributed by atoms with Gasteiger partial charge in [0.25, 0.3) is 0 Å². The predicted molar refractivity (Wildman–Crippen MR) is 77.5 cm³/mol. The molecule has 106 valence electrons. The number of aliphatic hydroxyl groups is 1. The van der Waals surface area contributed by atoms with E-state index in [1.807, 2.05) is 24.3 Å². The van der Waals surface area contributed by atoms with Crippen LogP contribution in [-0.2, 0) is 4.74 Å². The first kappa shape index (κ1) is 14.8. The van der Waals surface area contributed by atoms with Crippen LogP contribution in [0.4, 0.5) is 0 Å². The van der Waals surface area contributed by atoms with Crippen molar-refractivity contribution in [2.24, 2.45) is 0 Å². The Morgan fingerprint density at radius 3 is 2.53 bits per heavy atom. The highest BCUT2D eigenvalue weighted by atomic mass is 35.5. The van der Waals surface area contributed by atoms with Crippen LogP contribution in [0.5, 0.6) is 0 Å². The van der Waals surface area contributed by atoms with E-state index >= 15 is 0 Å². The summed E-state index contributed by atoms with van der Waals surface area (Å²) in [5.74, 6) is 0. The van der Waals surface area contributed by atoms with Gasteiger partial charge in [0.15, 0.2) is 0 Å². The van der Waals surface area contributed by atoms with Gasteiger partial charge in [-0.25, -0.2) is 0 Å². The van der Waals surface area contributed by atoms with Crippen molar-refractivity contribution in [3.63, 3.8) is 0 Å². The fourth-order valence-electron chi connectivity index (χ4n) is 2.43. The van der Waals surface area contributed by atoms with Gasteiger partial charge >= 0.3 is 0 Å². The van der Waals surface area contributed by atoms with E-state index in [1.165, 1.54) is 5.56 Å². The Bertz CT molecular complexity index is 388. The smallest absolute Gasteiger partial charge is 0.0815 e. The molecule has 0 radical (unpaired) electrons. The molecule has 3 nitrogen and oxygen atoms in total. The second-order valence-electron chi connectivity index (χ2n) is 5.23. The zero-order valence-electron chi connectivity index (χ0n) is 11.4. The molecule has 0 bridgehead atoms. The number of rotatable bonds is 5. The van der Waals surface area contributed by atoms with E-state index in [-0.39, 0.29) is 6.04 Å². The maximum atomic E-state index is 10.4. The minimum absolute atomic E-state index is 0.254. The average Bonchev–Trinajstić information content (AvgIpc) is 2.42. The first-order chi connectivity index (χ1) is 9.13. The van der Waals surface area contributed by atoms with Crippen LogP contribution in [0.25, 0.3) is 0 Å². The second-order valence-corrected chi connectivity index (χ2v) is 5.67. The third-order valence-corrected chi connectivity index (χ3v) is 4.03. The van der Waals surface area contributed by atoms with Crippen molar-refractivity contribution in [1.29, 1.82) is 0 Å². The van der Waals surface area contributed by atoms with Crippen LogP contribution in [0.2, 0.25) is 5.02 Å². The molecule has 1 aliphatic rings. The lowest BCUT2D eigenvalue weighted by atomic mass is 9.93. The fraction of sp³-hybridized carbons (Fsp3) is 0.600. The van der Waals surface area contributed by atoms with Gasteiger partial charge < -0.3 is 15.2 Å². The molecule has 1 unspecified atom stereocenters. The molecule has 0 spiro atoms. The molecule has 1 fully saturated rings. The molecule has 1 aromatic rings. The lowest BCUT2D eigenvalue weighted by Gasteiger charge is -2.33. The summed E-state index contributed by atoms with van der Waals surface area (Å²) in [6, 6.07) is 8.15. The third kappa shape index (κ3) is 4.18. The summed E-state index contributed by atoms with van der Waals surface area (Å²) in [7, 11) is 0. The first-order valence-electron chi connectivity index (χ1n) is 6.92. The van der Waals surface area contributed by atoms with Crippen LogP contribution in [0.1, 0.15) is 37.8 Å². The number of benzene rings is 1. The van der Waals surface area contributed by atoms with E-state index in [1.54, 1.807) is 0 Å². The quantitative estimate of drug-likeness (QED) is 0.873. The Morgan fingerprint density at radius 2 is 1.95 bits per heavy atom. The number of ether oxygens (including phenoxy) is 1. The van der Waals surface area contributed by atoms with Crippen molar-refractivity contribution in [2.75, 3.05) is 19.8 Å². The van der Waals surface area contributed by atoms with Gasteiger partial charge in [0.2, 0.25) is 0 Å². The fourth-order valence-corrected chi connectivity index (χ4v) is 2.56. The van der Waals surface area contributed by atoms with E-state index in [2.05, 4.69) is 12.2 Å². The van der Waals surface area contributed by atoms with Gasteiger partial charge in [0.1, 0.15) is 0 Å². The Morgan fingerprint density at radius 1 is 1.32 bits per heavy atom. The van der Waals surface area contributed by atoms with Crippen molar-refractivity contribution < 1.29 is 9.84 Å². The summed E-state index contributed by atoms with van der Waals surface area (Å²) in [6.07, 6.45) is 2.39. The van der Waals surface area contributed by atoms with E-state index in [9.17, 15) is 5.11 Å². The largest absolute Gasteiger partial charge is 0.388 e. The Hall–Kier alpha value is -0.610. The maximum absolute atomic E-state index is 10.4. The summed E-state index contributed by atoms with van der Waals surface area (Å²) in [4.78, 5) is 0. The van der Waals surface area contributed by atoms with Gasteiger partial charge in [-0.1, -0.05) is 30.7 Å². The molecule has 1 aromatic carbocycles. The highest BCUT2D eigenvalue weighted by molar-refractivity contribution is 6.30. The molecule has 0 saturated carbocycles. The maximum Gasteiger partial charge on any atom is 0.0815 e. The van der Waals surface area contributed by atoms with Crippen molar-refractivity contribution in [3.05, 3.63) is 34.9 Å². The summed E-state index contributed by atoms with van der Waals surface area (Å²) in [5.41, 5.74) is 0.584. The molecule has 1 aliphatic heterocycles.